The topological polar surface area (TPSA) is 156 Å². The summed E-state index contributed by atoms with van der Waals surface area (Å²) in [5, 5.41) is 14.5. The second kappa shape index (κ2) is 16.8. The molecule has 0 saturated carbocycles. The molecule has 2 fully saturated rings. The number of alkyl carbamates (subject to hydrolysis) is 1. The number of benzene rings is 1. The fourth-order valence-electron chi connectivity index (χ4n) is 6.73. The number of epoxide rings is 1. The van der Waals surface area contributed by atoms with Crippen molar-refractivity contribution in [3.05, 3.63) is 46.5 Å². The molecule has 13 nitrogen and oxygen atoms in total. The number of amides is 3. The zero-order valence-corrected chi connectivity index (χ0v) is 33.0. The van der Waals surface area contributed by atoms with Crippen molar-refractivity contribution in [1.82, 2.24) is 10.2 Å². The fourth-order valence-corrected chi connectivity index (χ4v) is 7.17. The molecule has 9 atom stereocenters. The van der Waals surface area contributed by atoms with Crippen LogP contribution in [0.15, 0.2) is 35.9 Å². The predicted molar refractivity (Wildman–Crippen MR) is 199 cm³/mol. The Bertz CT molecular complexity index is 1590. The molecule has 4 bridgehead atoms. The average molecular weight is 766 g/mol. The van der Waals surface area contributed by atoms with E-state index in [1.807, 2.05) is 19.9 Å². The van der Waals surface area contributed by atoms with Crippen LogP contribution in [0.1, 0.15) is 65.9 Å². The van der Waals surface area contributed by atoms with Crippen LogP contribution in [0.25, 0.3) is 0 Å². The molecule has 2 saturated heterocycles. The minimum Gasteiger partial charge on any atom is -0.495 e. The molecule has 4 rings (SSSR count). The number of carbonyl (C=O) groups is 4. The van der Waals surface area contributed by atoms with Gasteiger partial charge in [0.25, 0.3) is 0 Å². The van der Waals surface area contributed by atoms with E-state index in [0.717, 1.165) is 11.1 Å². The first-order valence-electron chi connectivity index (χ1n) is 17.4. The van der Waals surface area contributed by atoms with E-state index in [4.69, 9.17) is 35.3 Å². The number of halogens is 1. The molecule has 1 aromatic rings. The van der Waals surface area contributed by atoms with E-state index in [1.165, 1.54) is 31.1 Å². The lowest BCUT2D eigenvalue weighted by molar-refractivity contribution is -0.162. The molecule has 3 amide bonds. The van der Waals surface area contributed by atoms with Crippen molar-refractivity contribution >= 4 is 53.8 Å². The van der Waals surface area contributed by atoms with Gasteiger partial charge in [0, 0.05) is 40.0 Å². The molecule has 0 aromatic heterocycles. The van der Waals surface area contributed by atoms with Gasteiger partial charge in [0.05, 0.1) is 25.3 Å². The molecule has 0 spiro atoms. The number of hydrogen-bond acceptors (Lipinski definition) is 11. The zero-order valence-electron chi connectivity index (χ0n) is 31.3. The Kier molecular flexibility index (Phi) is 13.4. The number of rotatable bonds is 8. The van der Waals surface area contributed by atoms with Crippen LogP contribution in [0.5, 0.6) is 5.75 Å². The molecular weight excluding hydrogens is 714 g/mol. The summed E-state index contributed by atoms with van der Waals surface area (Å²) in [7, 11) is 6.02. The Balaban J connectivity index is 1.75. The predicted octanol–water partition coefficient (Wildman–Crippen LogP) is 4.61. The van der Waals surface area contributed by atoms with Gasteiger partial charge in [-0.1, -0.05) is 49.2 Å². The summed E-state index contributed by atoms with van der Waals surface area (Å²) in [6, 6.07) is 2.61. The van der Waals surface area contributed by atoms with Crippen LogP contribution in [0.4, 0.5) is 10.5 Å². The lowest BCUT2D eigenvalue weighted by atomic mass is 9.83. The van der Waals surface area contributed by atoms with Crippen LogP contribution in [0.2, 0.25) is 5.02 Å². The SMILES string of the molecule is COc1cc2cc(c1Cl)N(C)C(=O)C[C@H](OC(=O)[C@@H](C)N(C)C(=O)CCC(C)S)[C@]1(C)O[C@H]1[C@H](C)[C@@H]1C[C@@](O)(NC(=O)O1)[C@H](OC)/C=C/C=C(/C)C2. The standard InChI is InChI=1S/C37H52ClN3O10S/c1-20-11-10-12-28(48-9)37(46)19-27(49-35(45)39-37)22(3)33-36(5,51-33)29(50-34(44)23(4)40(6)30(42)14-13-21(2)52)18-31(43)41(7)25-16-24(15-20)17-26(47-8)32(25)38/h10-12,16-17,21-23,27-29,33,46,52H,13-15,18-19H2,1-9H3,(H,39,45)/b12-10+,20-11-/t21?,22-,23-,27+,28-,29+,33+,36+,37+/m1/s1. The molecule has 3 aliphatic rings. The molecule has 1 aromatic carbocycles. The van der Waals surface area contributed by atoms with Gasteiger partial charge in [0.15, 0.2) is 5.72 Å². The van der Waals surface area contributed by atoms with Crippen LogP contribution in [0.3, 0.4) is 0 Å². The van der Waals surface area contributed by atoms with Gasteiger partial charge in [-0.3, -0.25) is 14.9 Å². The normalized spacial score (nSPS) is 32.2. The second-order valence-electron chi connectivity index (χ2n) is 14.3. The number of fused-ring (bicyclic) bond motifs is 5. The Morgan fingerprint density at radius 1 is 1.25 bits per heavy atom. The van der Waals surface area contributed by atoms with Crippen molar-refractivity contribution in [1.29, 1.82) is 0 Å². The largest absolute Gasteiger partial charge is 0.495 e. The fraction of sp³-hybridized carbons (Fsp3) is 0.622. The van der Waals surface area contributed by atoms with Gasteiger partial charge < -0.3 is 38.6 Å². The van der Waals surface area contributed by atoms with E-state index >= 15 is 0 Å². The number of esters is 1. The van der Waals surface area contributed by atoms with Gasteiger partial charge in [-0.15, -0.1) is 0 Å². The number of hydrogen-bond donors (Lipinski definition) is 3. The molecule has 52 heavy (non-hydrogen) atoms. The molecule has 3 heterocycles. The first-order valence-corrected chi connectivity index (χ1v) is 18.3. The maximum Gasteiger partial charge on any atom is 0.409 e. The number of nitrogens with zero attached hydrogens (tertiary/aromatic N) is 2. The van der Waals surface area contributed by atoms with Crippen LogP contribution < -0.4 is 15.0 Å². The van der Waals surface area contributed by atoms with Crippen molar-refractivity contribution in [2.45, 2.75) is 114 Å². The number of likely N-dealkylation sites (N-methyl/N-ethyl adjacent to an activating group) is 1. The Morgan fingerprint density at radius 3 is 2.58 bits per heavy atom. The lowest BCUT2D eigenvalue weighted by Crippen LogP contribution is -2.63. The number of anilines is 1. The number of ether oxygens (including phenoxy) is 5. The average Bonchev–Trinajstić information content (AvgIpc) is 3.79. The number of nitrogens with one attached hydrogen (secondary N) is 1. The first-order chi connectivity index (χ1) is 24.3. The van der Waals surface area contributed by atoms with Crippen molar-refractivity contribution in [2.24, 2.45) is 5.92 Å². The summed E-state index contributed by atoms with van der Waals surface area (Å²) in [5.41, 5.74) is -0.906. The highest BCUT2D eigenvalue weighted by molar-refractivity contribution is 7.80. The molecule has 3 aliphatic heterocycles. The van der Waals surface area contributed by atoms with E-state index in [1.54, 1.807) is 52.1 Å². The third-order valence-electron chi connectivity index (χ3n) is 10.3. The molecule has 0 aliphatic carbocycles. The third kappa shape index (κ3) is 9.25. The van der Waals surface area contributed by atoms with Crippen LogP contribution in [-0.4, -0.2) is 109 Å². The summed E-state index contributed by atoms with van der Waals surface area (Å²) >= 11 is 11.1. The van der Waals surface area contributed by atoms with Crippen molar-refractivity contribution < 1.29 is 48.0 Å². The van der Waals surface area contributed by atoms with Gasteiger partial charge in [0.2, 0.25) is 11.8 Å². The van der Waals surface area contributed by atoms with Crippen LogP contribution >= 0.6 is 24.2 Å². The minimum atomic E-state index is -1.82. The minimum absolute atomic E-state index is 0.00636. The third-order valence-corrected chi connectivity index (χ3v) is 10.9. The lowest BCUT2D eigenvalue weighted by Gasteiger charge is -2.42. The number of allylic oxidation sites excluding steroid dienone is 3. The number of carbonyl (C=O) groups excluding carboxylic acids is 4. The molecule has 1 unspecified atom stereocenters. The first kappa shape index (κ1) is 41.5. The number of methoxy groups -OCH3 is 2. The Labute approximate surface area is 316 Å². The summed E-state index contributed by atoms with van der Waals surface area (Å²) in [5.74, 6) is -1.56. The van der Waals surface area contributed by atoms with E-state index in [2.05, 4.69) is 17.9 Å². The molecule has 2 N–H and O–H groups in total. The van der Waals surface area contributed by atoms with E-state index in [9.17, 15) is 24.3 Å². The van der Waals surface area contributed by atoms with Gasteiger partial charge in [0.1, 0.15) is 40.7 Å². The van der Waals surface area contributed by atoms with Crippen molar-refractivity contribution in [3.8, 4) is 5.75 Å². The monoisotopic (exact) mass is 765 g/mol. The van der Waals surface area contributed by atoms with E-state index in [0.29, 0.717) is 24.3 Å². The summed E-state index contributed by atoms with van der Waals surface area (Å²) in [6.45, 7) is 8.88. The number of aliphatic hydroxyl groups is 1. The van der Waals surface area contributed by atoms with Gasteiger partial charge in [-0.05, 0) is 56.6 Å². The number of thiol groups is 1. The molecule has 288 valence electrons. The van der Waals surface area contributed by atoms with E-state index in [-0.39, 0.29) is 35.4 Å². The van der Waals surface area contributed by atoms with E-state index < -0.39 is 65.7 Å². The Hall–Kier alpha value is -3.30. The Morgan fingerprint density at radius 2 is 1.94 bits per heavy atom. The second-order valence-corrected chi connectivity index (χ2v) is 15.6. The highest BCUT2D eigenvalue weighted by Crippen LogP contribution is 2.49. The highest BCUT2D eigenvalue weighted by atomic mass is 35.5. The van der Waals surface area contributed by atoms with Gasteiger partial charge in [-0.25, -0.2) is 9.59 Å². The summed E-state index contributed by atoms with van der Waals surface area (Å²) in [4.78, 5) is 56.2. The van der Waals surface area contributed by atoms with Crippen molar-refractivity contribution in [2.75, 3.05) is 33.2 Å². The zero-order chi connectivity index (χ0) is 38.7. The van der Waals surface area contributed by atoms with Crippen LogP contribution in [0, 0.1) is 5.92 Å². The van der Waals surface area contributed by atoms with Gasteiger partial charge >= 0.3 is 12.1 Å². The molecule has 0 radical (unpaired) electrons. The maximum atomic E-state index is 14.1. The molecular formula is C37H52ClN3O10S. The van der Waals surface area contributed by atoms with Crippen molar-refractivity contribution in [3.63, 3.8) is 0 Å². The highest BCUT2D eigenvalue weighted by Gasteiger charge is 2.64. The summed E-state index contributed by atoms with van der Waals surface area (Å²) in [6.07, 6.45) is 1.69. The quantitative estimate of drug-likeness (QED) is 0.194. The smallest absolute Gasteiger partial charge is 0.409 e. The van der Waals surface area contributed by atoms with Crippen LogP contribution in [-0.2, 0) is 39.8 Å². The summed E-state index contributed by atoms with van der Waals surface area (Å²) < 4.78 is 29.2. The molecule has 15 heteroatoms. The van der Waals surface area contributed by atoms with Gasteiger partial charge in [-0.2, -0.15) is 12.6 Å². The maximum absolute atomic E-state index is 14.1.